The molecule has 13 rings (SSSR count). The Bertz CT molecular complexity index is 3750. The summed E-state index contributed by atoms with van der Waals surface area (Å²) in [6, 6.07) is 95.2. The number of rotatable bonds is 8. The second kappa shape index (κ2) is 15.8. The second-order valence-corrected chi connectivity index (χ2v) is 17.6. The van der Waals surface area contributed by atoms with Gasteiger partial charge in [0.05, 0.1) is 5.41 Å². The van der Waals surface area contributed by atoms with Gasteiger partial charge in [0.1, 0.15) is 11.2 Å². The fourth-order valence-electron chi connectivity index (χ4n) is 10.9. The standard InChI is InChI=1S/C65H43NO/c1-4-16-44(17-5-1)45-30-33-52(34-31-45)66(54-36-39-60-59-27-12-13-29-63(59)67-64(60)43-54)53-35-38-58-57-37-32-48(47-20-14-21-49(40-47)56-28-15-19-46-18-10-11-26-55(46)56)41-61(57)65(62(58)42-53,50-22-6-2-7-23-50)51-24-8-3-9-25-51/h1-43H. The van der Waals surface area contributed by atoms with E-state index in [0.29, 0.717) is 0 Å². The Morgan fingerprint density at radius 1 is 0.284 bits per heavy atom. The van der Waals surface area contributed by atoms with Crippen molar-refractivity contribution in [2.75, 3.05) is 4.90 Å². The topological polar surface area (TPSA) is 16.4 Å². The van der Waals surface area contributed by atoms with E-state index in [9.17, 15) is 0 Å². The predicted molar refractivity (Wildman–Crippen MR) is 280 cm³/mol. The molecule has 0 saturated heterocycles. The minimum atomic E-state index is -0.627. The molecule has 0 bridgehead atoms. The Morgan fingerprint density at radius 2 is 0.791 bits per heavy atom. The van der Waals surface area contributed by atoms with E-state index >= 15 is 0 Å². The Balaban J connectivity index is 1.02. The number of hydrogen-bond donors (Lipinski definition) is 0. The van der Waals surface area contributed by atoms with E-state index in [1.54, 1.807) is 0 Å². The maximum Gasteiger partial charge on any atom is 0.137 e. The average molecular weight is 854 g/mol. The number of fused-ring (bicyclic) bond motifs is 7. The van der Waals surface area contributed by atoms with Crippen molar-refractivity contribution in [1.82, 2.24) is 0 Å². The summed E-state index contributed by atoms with van der Waals surface area (Å²) >= 11 is 0. The maximum atomic E-state index is 6.53. The van der Waals surface area contributed by atoms with Gasteiger partial charge >= 0.3 is 0 Å². The highest BCUT2D eigenvalue weighted by atomic mass is 16.3. The van der Waals surface area contributed by atoms with Gasteiger partial charge in [-0.05, 0) is 132 Å². The van der Waals surface area contributed by atoms with Crippen LogP contribution in [0.4, 0.5) is 17.1 Å². The highest BCUT2D eigenvalue weighted by molar-refractivity contribution is 6.06. The number of nitrogens with zero attached hydrogens (tertiary/aromatic N) is 1. The molecule has 1 aromatic heterocycles. The molecule has 314 valence electrons. The zero-order valence-electron chi connectivity index (χ0n) is 36.7. The van der Waals surface area contributed by atoms with Crippen molar-refractivity contribution in [2.24, 2.45) is 0 Å². The molecule has 2 nitrogen and oxygen atoms in total. The van der Waals surface area contributed by atoms with Crippen LogP contribution in [0, 0.1) is 0 Å². The number of hydrogen-bond acceptors (Lipinski definition) is 2. The van der Waals surface area contributed by atoms with Crippen molar-refractivity contribution in [2.45, 2.75) is 5.41 Å². The van der Waals surface area contributed by atoms with Crippen LogP contribution >= 0.6 is 0 Å². The molecule has 0 radical (unpaired) electrons. The minimum absolute atomic E-state index is 0.627. The molecule has 11 aromatic carbocycles. The molecule has 67 heavy (non-hydrogen) atoms. The summed E-state index contributed by atoms with van der Waals surface area (Å²) in [4.78, 5) is 2.38. The zero-order valence-corrected chi connectivity index (χ0v) is 36.7. The van der Waals surface area contributed by atoms with Crippen LogP contribution in [0.5, 0.6) is 0 Å². The first kappa shape index (κ1) is 38.7. The van der Waals surface area contributed by atoms with Crippen LogP contribution in [-0.4, -0.2) is 0 Å². The largest absolute Gasteiger partial charge is 0.456 e. The molecule has 0 unspecified atom stereocenters. The summed E-state index contributed by atoms with van der Waals surface area (Å²) in [6.45, 7) is 0. The maximum absolute atomic E-state index is 6.53. The Labute approximate surface area is 390 Å². The highest BCUT2D eigenvalue weighted by Gasteiger charge is 2.46. The van der Waals surface area contributed by atoms with Gasteiger partial charge in [0.15, 0.2) is 0 Å². The summed E-state index contributed by atoms with van der Waals surface area (Å²) in [5.74, 6) is 0. The highest BCUT2D eigenvalue weighted by Crippen LogP contribution is 2.58. The SMILES string of the molecule is c1ccc(-c2ccc(N(c3ccc4c(c3)C(c3ccccc3)(c3ccccc3)c3cc(-c5cccc(-c6cccc7ccccc67)c5)ccc3-4)c3ccc4c(c3)oc3ccccc34)cc2)cc1. The van der Waals surface area contributed by atoms with Gasteiger partial charge in [-0.2, -0.15) is 0 Å². The lowest BCUT2D eigenvalue weighted by atomic mass is 9.67. The first-order chi connectivity index (χ1) is 33.2. The van der Waals surface area contributed by atoms with Crippen molar-refractivity contribution in [1.29, 1.82) is 0 Å². The van der Waals surface area contributed by atoms with E-state index in [-0.39, 0.29) is 0 Å². The molecule has 0 amide bonds. The van der Waals surface area contributed by atoms with Crippen molar-refractivity contribution in [3.8, 4) is 44.5 Å². The number of benzene rings is 11. The van der Waals surface area contributed by atoms with E-state index in [2.05, 4.69) is 254 Å². The number of para-hydroxylation sites is 1. The molecule has 1 heterocycles. The van der Waals surface area contributed by atoms with Crippen LogP contribution in [0.15, 0.2) is 265 Å². The molecule has 0 aliphatic heterocycles. The third-order valence-electron chi connectivity index (χ3n) is 13.9. The van der Waals surface area contributed by atoms with Gasteiger partial charge in [-0.3, -0.25) is 0 Å². The lowest BCUT2D eigenvalue weighted by molar-refractivity contribution is 0.669. The monoisotopic (exact) mass is 853 g/mol. The van der Waals surface area contributed by atoms with Crippen molar-refractivity contribution in [3.05, 3.63) is 283 Å². The summed E-state index contributed by atoms with van der Waals surface area (Å²) in [6.07, 6.45) is 0. The Kier molecular flexibility index (Phi) is 9.11. The molecule has 1 aliphatic rings. The number of furan rings is 1. The molecule has 0 saturated carbocycles. The first-order valence-electron chi connectivity index (χ1n) is 23.1. The molecule has 0 spiro atoms. The second-order valence-electron chi connectivity index (χ2n) is 17.6. The normalized spacial score (nSPS) is 12.6. The summed E-state index contributed by atoms with van der Waals surface area (Å²) in [5.41, 5.74) is 18.9. The fourth-order valence-corrected chi connectivity index (χ4v) is 10.9. The van der Waals surface area contributed by atoms with Gasteiger partial charge < -0.3 is 9.32 Å². The molecule has 0 atom stereocenters. The molecule has 0 fully saturated rings. The summed E-state index contributed by atoms with van der Waals surface area (Å²) in [7, 11) is 0. The van der Waals surface area contributed by atoms with E-state index in [4.69, 9.17) is 4.42 Å². The molecule has 0 N–H and O–H groups in total. The van der Waals surface area contributed by atoms with Crippen LogP contribution in [0.3, 0.4) is 0 Å². The van der Waals surface area contributed by atoms with Crippen molar-refractivity contribution >= 4 is 49.8 Å². The molecule has 2 heteroatoms. The zero-order chi connectivity index (χ0) is 44.3. The van der Waals surface area contributed by atoms with Gasteiger partial charge in [0.2, 0.25) is 0 Å². The fraction of sp³-hybridized carbons (Fsp3) is 0.0154. The van der Waals surface area contributed by atoms with E-state index in [0.717, 1.165) is 39.0 Å². The van der Waals surface area contributed by atoms with Crippen LogP contribution in [0.25, 0.3) is 77.2 Å². The quantitative estimate of drug-likeness (QED) is 0.151. The van der Waals surface area contributed by atoms with Gasteiger partial charge in [-0.25, -0.2) is 0 Å². The van der Waals surface area contributed by atoms with Gasteiger partial charge in [-0.15, -0.1) is 0 Å². The average Bonchev–Trinajstić information content (AvgIpc) is 3.92. The van der Waals surface area contributed by atoms with Crippen LogP contribution < -0.4 is 4.90 Å². The smallest absolute Gasteiger partial charge is 0.137 e. The Hall–Kier alpha value is -8.72. The molecular formula is C65H43NO. The van der Waals surface area contributed by atoms with Gasteiger partial charge in [0, 0.05) is 33.9 Å². The predicted octanol–water partition coefficient (Wildman–Crippen LogP) is 17.6. The third-order valence-corrected chi connectivity index (χ3v) is 13.9. The lowest BCUT2D eigenvalue weighted by Crippen LogP contribution is -2.28. The summed E-state index contributed by atoms with van der Waals surface area (Å²) in [5, 5.41) is 4.73. The van der Waals surface area contributed by atoms with E-state index in [1.165, 1.54) is 77.5 Å². The number of anilines is 3. The van der Waals surface area contributed by atoms with Crippen LogP contribution in [-0.2, 0) is 5.41 Å². The summed E-state index contributed by atoms with van der Waals surface area (Å²) < 4.78 is 6.53. The van der Waals surface area contributed by atoms with Crippen molar-refractivity contribution < 1.29 is 4.42 Å². The third kappa shape index (κ3) is 6.33. The molecule has 1 aliphatic carbocycles. The lowest BCUT2D eigenvalue weighted by Gasteiger charge is -2.35. The molecular weight excluding hydrogens is 811 g/mol. The Morgan fingerprint density at radius 3 is 1.57 bits per heavy atom. The minimum Gasteiger partial charge on any atom is -0.456 e. The molecule has 12 aromatic rings. The van der Waals surface area contributed by atoms with Crippen molar-refractivity contribution in [3.63, 3.8) is 0 Å². The first-order valence-corrected chi connectivity index (χ1v) is 23.1. The van der Waals surface area contributed by atoms with Crippen LogP contribution in [0.1, 0.15) is 22.3 Å². The van der Waals surface area contributed by atoms with E-state index in [1.807, 2.05) is 12.1 Å². The van der Waals surface area contributed by atoms with Gasteiger partial charge in [-0.1, -0.05) is 200 Å². The van der Waals surface area contributed by atoms with Gasteiger partial charge in [0.25, 0.3) is 0 Å². The van der Waals surface area contributed by atoms with Crippen LogP contribution in [0.2, 0.25) is 0 Å². The van der Waals surface area contributed by atoms with E-state index < -0.39 is 5.41 Å².